The quantitative estimate of drug-likeness (QED) is 0.891. The number of hydrogen-bond donors (Lipinski definition) is 1. The van der Waals surface area contributed by atoms with Gasteiger partial charge in [0.25, 0.3) is 0 Å². The van der Waals surface area contributed by atoms with E-state index in [-0.39, 0.29) is 5.54 Å². The van der Waals surface area contributed by atoms with Crippen molar-refractivity contribution in [3.63, 3.8) is 0 Å². The van der Waals surface area contributed by atoms with Crippen molar-refractivity contribution in [3.05, 3.63) is 35.4 Å². The number of likely N-dealkylation sites (N-methyl/N-ethyl adjacent to an activating group) is 1. The van der Waals surface area contributed by atoms with Crippen LogP contribution in [0.2, 0.25) is 0 Å². The average molecular weight is 282 g/mol. The van der Waals surface area contributed by atoms with Crippen molar-refractivity contribution in [1.29, 1.82) is 0 Å². The van der Waals surface area contributed by atoms with E-state index in [1.807, 2.05) is 0 Å². The van der Waals surface area contributed by atoms with Crippen molar-refractivity contribution >= 4 is 0 Å². The fourth-order valence-electron chi connectivity index (χ4n) is 3.08. The normalized spacial score (nSPS) is 18.4. The van der Waals surface area contributed by atoms with Crippen LogP contribution in [0, 0.1) is 11.6 Å². The zero-order valence-electron chi connectivity index (χ0n) is 12.4. The van der Waals surface area contributed by atoms with Gasteiger partial charge >= 0.3 is 0 Å². The van der Waals surface area contributed by atoms with E-state index in [0.29, 0.717) is 6.54 Å². The van der Waals surface area contributed by atoms with Crippen LogP contribution in [0.1, 0.15) is 37.7 Å². The molecule has 1 aliphatic carbocycles. The second-order valence-corrected chi connectivity index (χ2v) is 6.03. The molecule has 0 bridgehead atoms. The highest BCUT2D eigenvalue weighted by atomic mass is 19.2. The van der Waals surface area contributed by atoms with Crippen molar-refractivity contribution < 1.29 is 8.78 Å². The molecule has 1 fully saturated rings. The SMILES string of the molecule is CN(C)C1(CNCc2ccc(F)c(F)c2)CCCCC1. The van der Waals surface area contributed by atoms with E-state index >= 15 is 0 Å². The van der Waals surface area contributed by atoms with E-state index in [2.05, 4.69) is 24.3 Å². The Balaban J connectivity index is 1.91. The minimum atomic E-state index is -0.786. The Morgan fingerprint density at radius 1 is 1.10 bits per heavy atom. The maximum absolute atomic E-state index is 13.2. The number of nitrogens with zero attached hydrogens (tertiary/aromatic N) is 1. The van der Waals surface area contributed by atoms with E-state index in [0.717, 1.165) is 12.1 Å². The van der Waals surface area contributed by atoms with Crippen LogP contribution in [0.25, 0.3) is 0 Å². The molecule has 112 valence electrons. The van der Waals surface area contributed by atoms with Gasteiger partial charge in [-0.05, 0) is 44.6 Å². The van der Waals surface area contributed by atoms with Crippen LogP contribution >= 0.6 is 0 Å². The van der Waals surface area contributed by atoms with Crippen LogP contribution in [0.3, 0.4) is 0 Å². The Morgan fingerprint density at radius 3 is 2.40 bits per heavy atom. The summed E-state index contributed by atoms with van der Waals surface area (Å²) in [6, 6.07) is 4.09. The summed E-state index contributed by atoms with van der Waals surface area (Å²) in [5, 5.41) is 3.41. The molecule has 1 aromatic carbocycles. The smallest absolute Gasteiger partial charge is 0.159 e. The Bertz CT molecular complexity index is 440. The van der Waals surface area contributed by atoms with Crippen LogP contribution in [-0.4, -0.2) is 31.1 Å². The first-order chi connectivity index (χ1) is 9.53. The number of hydrogen-bond acceptors (Lipinski definition) is 2. The van der Waals surface area contributed by atoms with Crippen LogP contribution in [0.15, 0.2) is 18.2 Å². The molecule has 0 atom stereocenters. The minimum absolute atomic E-state index is 0.205. The summed E-state index contributed by atoms with van der Waals surface area (Å²) in [5.74, 6) is -1.56. The van der Waals surface area contributed by atoms with Crippen LogP contribution < -0.4 is 5.32 Å². The highest BCUT2D eigenvalue weighted by Crippen LogP contribution is 2.31. The highest BCUT2D eigenvalue weighted by molar-refractivity contribution is 5.17. The predicted octanol–water partition coefficient (Wildman–Crippen LogP) is 3.32. The molecular weight excluding hydrogens is 258 g/mol. The number of benzene rings is 1. The molecule has 0 amide bonds. The Kier molecular flexibility index (Phi) is 5.11. The fourth-order valence-corrected chi connectivity index (χ4v) is 3.08. The molecule has 0 radical (unpaired) electrons. The van der Waals surface area contributed by atoms with Gasteiger partial charge in [0.2, 0.25) is 0 Å². The van der Waals surface area contributed by atoms with Gasteiger partial charge in [-0.25, -0.2) is 8.78 Å². The van der Waals surface area contributed by atoms with Crippen molar-refractivity contribution in [2.75, 3.05) is 20.6 Å². The molecule has 0 aliphatic heterocycles. The Hall–Kier alpha value is -1.00. The third-order valence-corrected chi connectivity index (χ3v) is 4.50. The standard InChI is InChI=1S/C16H24F2N2/c1-20(2)16(8-4-3-5-9-16)12-19-11-13-6-7-14(17)15(18)10-13/h6-7,10,19H,3-5,8-9,11-12H2,1-2H3. The van der Waals surface area contributed by atoms with Crippen LogP contribution in [0.5, 0.6) is 0 Å². The molecule has 1 saturated carbocycles. The summed E-state index contributed by atoms with van der Waals surface area (Å²) in [5.41, 5.74) is 0.991. The average Bonchev–Trinajstić information content (AvgIpc) is 2.44. The molecule has 0 unspecified atom stereocenters. The lowest BCUT2D eigenvalue weighted by atomic mass is 9.80. The first-order valence-electron chi connectivity index (χ1n) is 7.36. The Labute approximate surface area is 120 Å². The molecule has 0 saturated heterocycles. The molecular formula is C16H24F2N2. The van der Waals surface area contributed by atoms with Crippen molar-refractivity contribution in [2.24, 2.45) is 0 Å². The zero-order chi connectivity index (χ0) is 14.6. The summed E-state index contributed by atoms with van der Waals surface area (Å²) in [6.07, 6.45) is 6.25. The Morgan fingerprint density at radius 2 is 1.80 bits per heavy atom. The first-order valence-corrected chi connectivity index (χ1v) is 7.36. The monoisotopic (exact) mass is 282 g/mol. The summed E-state index contributed by atoms with van der Waals surface area (Å²) in [7, 11) is 4.26. The first kappa shape index (κ1) is 15.4. The molecule has 2 rings (SSSR count). The molecule has 2 nitrogen and oxygen atoms in total. The van der Waals surface area contributed by atoms with Gasteiger partial charge in [-0.1, -0.05) is 25.3 Å². The lowest BCUT2D eigenvalue weighted by Crippen LogP contribution is -2.52. The second-order valence-electron chi connectivity index (χ2n) is 6.03. The molecule has 1 aromatic rings. The molecule has 0 aromatic heterocycles. The predicted molar refractivity (Wildman–Crippen MR) is 77.6 cm³/mol. The third kappa shape index (κ3) is 3.55. The maximum atomic E-state index is 13.2. The summed E-state index contributed by atoms with van der Waals surface area (Å²) >= 11 is 0. The van der Waals surface area contributed by atoms with E-state index in [4.69, 9.17) is 0 Å². The van der Waals surface area contributed by atoms with Gasteiger partial charge in [0, 0.05) is 18.6 Å². The van der Waals surface area contributed by atoms with Gasteiger partial charge in [-0.3, -0.25) is 0 Å². The van der Waals surface area contributed by atoms with Crippen molar-refractivity contribution in [2.45, 2.75) is 44.2 Å². The number of nitrogens with one attached hydrogen (secondary N) is 1. The van der Waals surface area contributed by atoms with Crippen molar-refractivity contribution in [1.82, 2.24) is 10.2 Å². The van der Waals surface area contributed by atoms with Crippen LogP contribution in [-0.2, 0) is 6.54 Å². The molecule has 4 heteroatoms. The zero-order valence-corrected chi connectivity index (χ0v) is 12.4. The summed E-state index contributed by atoms with van der Waals surface area (Å²) in [6.45, 7) is 1.46. The van der Waals surface area contributed by atoms with E-state index in [1.165, 1.54) is 44.2 Å². The summed E-state index contributed by atoms with van der Waals surface area (Å²) < 4.78 is 26.0. The van der Waals surface area contributed by atoms with Crippen LogP contribution in [0.4, 0.5) is 8.78 Å². The number of halogens is 2. The summed E-state index contributed by atoms with van der Waals surface area (Å²) in [4.78, 5) is 2.31. The van der Waals surface area contributed by atoms with Gasteiger partial charge in [-0.2, -0.15) is 0 Å². The van der Waals surface area contributed by atoms with Gasteiger partial charge in [0.05, 0.1) is 0 Å². The lowest BCUT2D eigenvalue weighted by molar-refractivity contribution is 0.0984. The molecule has 1 aliphatic rings. The van der Waals surface area contributed by atoms with Gasteiger partial charge in [0.1, 0.15) is 0 Å². The van der Waals surface area contributed by atoms with E-state index in [9.17, 15) is 8.78 Å². The molecule has 1 N–H and O–H groups in total. The van der Waals surface area contributed by atoms with Gasteiger partial charge in [-0.15, -0.1) is 0 Å². The third-order valence-electron chi connectivity index (χ3n) is 4.50. The largest absolute Gasteiger partial charge is 0.311 e. The maximum Gasteiger partial charge on any atom is 0.159 e. The molecule has 0 heterocycles. The van der Waals surface area contributed by atoms with Gasteiger partial charge < -0.3 is 10.2 Å². The van der Waals surface area contributed by atoms with Gasteiger partial charge in [0.15, 0.2) is 11.6 Å². The second kappa shape index (κ2) is 6.64. The topological polar surface area (TPSA) is 15.3 Å². The lowest BCUT2D eigenvalue weighted by Gasteiger charge is -2.43. The minimum Gasteiger partial charge on any atom is -0.311 e. The van der Waals surface area contributed by atoms with E-state index < -0.39 is 11.6 Å². The highest BCUT2D eigenvalue weighted by Gasteiger charge is 2.33. The van der Waals surface area contributed by atoms with E-state index in [1.54, 1.807) is 6.07 Å². The molecule has 0 spiro atoms. The molecule has 20 heavy (non-hydrogen) atoms. The number of rotatable bonds is 5. The van der Waals surface area contributed by atoms with Crippen molar-refractivity contribution in [3.8, 4) is 0 Å². The fraction of sp³-hybridized carbons (Fsp3) is 0.625.